The van der Waals surface area contributed by atoms with Gasteiger partial charge in [-0.2, -0.15) is 28.2 Å². The zero-order valence-corrected chi connectivity index (χ0v) is 17.6. The van der Waals surface area contributed by atoms with Crippen LogP contribution in [0.2, 0.25) is 0 Å². The minimum Gasteiger partial charge on any atom is -0.475 e. The maximum absolute atomic E-state index is 14.1. The fourth-order valence-electron chi connectivity index (χ4n) is 3.23. The molecule has 32 heavy (non-hydrogen) atoms. The summed E-state index contributed by atoms with van der Waals surface area (Å²) in [5.74, 6) is -1.04. The van der Waals surface area contributed by atoms with Gasteiger partial charge >= 0.3 is 6.18 Å². The summed E-state index contributed by atoms with van der Waals surface area (Å²) in [5.41, 5.74) is 0.0420. The summed E-state index contributed by atoms with van der Waals surface area (Å²) < 4.78 is 57.6. The molecule has 1 aromatic carbocycles. The van der Waals surface area contributed by atoms with Crippen LogP contribution in [0.4, 0.5) is 17.6 Å². The van der Waals surface area contributed by atoms with E-state index in [2.05, 4.69) is 15.2 Å². The molecule has 11 heteroatoms. The Kier molecular flexibility index (Phi) is 6.75. The summed E-state index contributed by atoms with van der Waals surface area (Å²) in [6.45, 7) is 5.37. The molecular weight excluding hydrogens is 430 g/mol. The number of nitrogens with zero attached hydrogens (tertiary/aromatic N) is 5. The summed E-state index contributed by atoms with van der Waals surface area (Å²) in [6, 6.07) is 3.91. The standard InChI is InChI=1S/C21H21F4N5O2/c1-4-29(14(3)12-32-18-6-5-15(11-26-18)21(23,24)25)20(31)17-10-16(22)9-13(2)19(17)30-27-7-8-28-30/h5-11,14H,4,12H2,1-3H3/t14-/m0/s1. The van der Waals surface area contributed by atoms with Crippen molar-refractivity contribution in [3.05, 3.63) is 65.4 Å². The van der Waals surface area contributed by atoms with Gasteiger partial charge in [-0.1, -0.05) is 0 Å². The van der Waals surface area contributed by atoms with Crippen molar-refractivity contribution in [3.8, 4) is 11.6 Å². The molecule has 0 bridgehead atoms. The minimum atomic E-state index is -4.49. The quantitative estimate of drug-likeness (QED) is 0.507. The van der Waals surface area contributed by atoms with E-state index < -0.39 is 29.5 Å². The van der Waals surface area contributed by atoms with E-state index in [1.54, 1.807) is 20.8 Å². The highest BCUT2D eigenvalue weighted by molar-refractivity contribution is 5.98. The molecule has 0 N–H and O–H groups in total. The summed E-state index contributed by atoms with van der Waals surface area (Å²) in [5, 5.41) is 8.10. The number of ether oxygens (including phenoxy) is 1. The first-order valence-corrected chi connectivity index (χ1v) is 9.75. The van der Waals surface area contributed by atoms with Gasteiger partial charge in [0.05, 0.1) is 29.6 Å². The van der Waals surface area contributed by atoms with Gasteiger partial charge in [0.2, 0.25) is 5.88 Å². The Morgan fingerprint density at radius 3 is 2.47 bits per heavy atom. The highest BCUT2D eigenvalue weighted by atomic mass is 19.4. The molecule has 1 atom stereocenters. The average Bonchev–Trinajstić information content (AvgIpc) is 3.26. The first-order valence-electron chi connectivity index (χ1n) is 9.75. The Morgan fingerprint density at radius 2 is 1.91 bits per heavy atom. The molecule has 0 aliphatic heterocycles. The lowest BCUT2D eigenvalue weighted by molar-refractivity contribution is -0.137. The third kappa shape index (κ3) is 5.04. The number of alkyl halides is 3. The fourth-order valence-corrected chi connectivity index (χ4v) is 3.23. The van der Waals surface area contributed by atoms with Gasteiger partial charge in [0.15, 0.2) is 0 Å². The number of hydrogen-bond acceptors (Lipinski definition) is 5. The SMILES string of the molecule is CCN(C(=O)c1cc(F)cc(C)c1-n1nccn1)[C@@H](C)COc1ccc(C(F)(F)F)cn1. The van der Waals surface area contributed by atoms with Crippen molar-refractivity contribution < 1.29 is 27.1 Å². The molecule has 2 heterocycles. The van der Waals surface area contributed by atoms with Gasteiger partial charge in [-0.25, -0.2) is 9.37 Å². The van der Waals surface area contributed by atoms with Crippen molar-refractivity contribution in [3.63, 3.8) is 0 Å². The molecule has 0 fully saturated rings. The lowest BCUT2D eigenvalue weighted by Gasteiger charge is -2.29. The molecule has 1 amide bonds. The van der Waals surface area contributed by atoms with Crippen LogP contribution in [0.3, 0.4) is 0 Å². The number of carbonyl (C=O) groups excluding carboxylic acids is 1. The van der Waals surface area contributed by atoms with E-state index in [1.807, 2.05) is 0 Å². The summed E-state index contributed by atoms with van der Waals surface area (Å²) in [7, 11) is 0. The maximum Gasteiger partial charge on any atom is 0.417 e. The summed E-state index contributed by atoms with van der Waals surface area (Å²) in [4.78, 5) is 19.7. The van der Waals surface area contributed by atoms with Crippen LogP contribution in [-0.4, -0.2) is 50.0 Å². The largest absolute Gasteiger partial charge is 0.475 e. The van der Waals surface area contributed by atoms with Crippen LogP contribution in [0.1, 0.15) is 35.3 Å². The first-order chi connectivity index (χ1) is 15.1. The molecule has 0 saturated carbocycles. The van der Waals surface area contributed by atoms with Crippen LogP contribution >= 0.6 is 0 Å². The van der Waals surface area contributed by atoms with E-state index in [9.17, 15) is 22.4 Å². The number of pyridine rings is 1. The molecule has 0 radical (unpaired) electrons. The topological polar surface area (TPSA) is 73.1 Å². The van der Waals surface area contributed by atoms with E-state index in [4.69, 9.17) is 4.74 Å². The third-order valence-electron chi connectivity index (χ3n) is 4.78. The number of halogens is 4. The lowest BCUT2D eigenvalue weighted by Crippen LogP contribution is -2.42. The van der Waals surface area contributed by atoms with Gasteiger partial charge in [0, 0.05) is 18.8 Å². The molecule has 0 unspecified atom stereocenters. The van der Waals surface area contributed by atoms with E-state index in [1.165, 1.54) is 28.2 Å². The number of likely N-dealkylation sites (N-methyl/N-ethyl adjacent to an activating group) is 1. The van der Waals surface area contributed by atoms with Crippen LogP contribution in [0.5, 0.6) is 5.88 Å². The van der Waals surface area contributed by atoms with Crippen LogP contribution in [0.25, 0.3) is 5.69 Å². The number of aromatic nitrogens is 4. The zero-order valence-electron chi connectivity index (χ0n) is 17.6. The maximum atomic E-state index is 14.1. The monoisotopic (exact) mass is 451 g/mol. The number of amides is 1. The normalized spacial score (nSPS) is 12.5. The van der Waals surface area contributed by atoms with Gasteiger partial charge in [-0.15, -0.1) is 0 Å². The highest BCUT2D eigenvalue weighted by Crippen LogP contribution is 2.29. The van der Waals surface area contributed by atoms with E-state index in [0.29, 0.717) is 17.4 Å². The van der Waals surface area contributed by atoms with E-state index >= 15 is 0 Å². The number of benzene rings is 1. The van der Waals surface area contributed by atoms with Crippen LogP contribution < -0.4 is 4.74 Å². The van der Waals surface area contributed by atoms with Gasteiger partial charge in [0.25, 0.3) is 5.91 Å². The molecule has 2 aromatic heterocycles. The third-order valence-corrected chi connectivity index (χ3v) is 4.78. The Bertz CT molecular complexity index is 1070. The van der Waals surface area contributed by atoms with Crippen molar-refractivity contribution in [1.29, 1.82) is 0 Å². The Balaban J connectivity index is 1.79. The first kappa shape index (κ1) is 23.2. The van der Waals surface area contributed by atoms with Gasteiger partial charge < -0.3 is 9.64 Å². The van der Waals surface area contributed by atoms with Crippen molar-refractivity contribution >= 4 is 5.91 Å². The van der Waals surface area contributed by atoms with Gasteiger partial charge in [0.1, 0.15) is 18.1 Å². The Morgan fingerprint density at radius 1 is 1.22 bits per heavy atom. The number of rotatable bonds is 7. The number of carbonyl (C=O) groups is 1. The predicted octanol–water partition coefficient (Wildman–Crippen LogP) is 4.06. The Labute approximate surface area is 181 Å². The van der Waals surface area contributed by atoms with Crippen molar-refractivity contribution in [2.45, 2.75) is 33.0 Å². The minimum absolute atomic E-state index is 0.00335. The number of hydrogen-bond donors (Lipinski definition) is 0. The average molecular weight is 451 g/mol. The second-order valence-corrected chi connectivity index (χ2v) is 7.07. The van der Waals surface area contributed by atoms with Crippen molar-refractivity contribution in [2.75, 3.05) is 13.2 Å². The predicted molar refractivity (Wildman–Crippen MR) is 107 cm³/mol. The molecule has 0 aliphatic rings. The van der Waals surface area contributed by atoms with Gasteiger partial charge in [-0.05, 0) is 44.5 Å². The van der Waals surface area contributed by atoms with Crippen molar-refractivity contribution in [2.24, 2.45) is 0 Å². The molecule has 3 rings (SSSR count). The molecule has 0 saturated heterocycles. The van der Waals surface area contributed by atoms with Crippen LogP contribution in [0, 0.1) is 12.7 Å². The Hall–Kier alpha value is -3.50. The second kappa shape index (κ2) is 9.33. The lowest BCUT2D eigenvalue weighted by atomic mass is 10.1. The zero-order chi connectivity index (χ0) is 23.5. The fraction of sp³-hybridized carbons (Fsp3) is 0.333. The molecule has 3 aromatic rings. The summed E-state index contributed by atoms with van der Waals surface area (Å²) in [6.07, 6.45) is -0.916. The van der Waals surface area contributed by atoms with Crippen LogP contribution in [-0.2, 0) is 6.18 Å². The second-order valence-electron chi connectivity index (χ2n) is 7.07. The van der Waals surface area contributed by atoms with E-state index in [-0.39, 0.29) is 24.6 Å². The van der Waals surface area contributed by atoms with Crippen LogP contribution in [0.15, 0.2) is 42.9 Å². The molecule has 0 aliphatic carbocycles. The molecule has 170 valence electrons. The van der Waals surface area contributed by atoms with Gasteiger partial charge in [-0.3, -0.25) is 4.79 Å². The molecule has 0 spiro atoms. The number of aryl methyl sites for hydroxylation is 1. The van der Waals surface area contributed by atoms with E-state index in [0.717, 1.165) is 18.2 Å². The summed E-state index contributed by atoms with van der Waals surface area (Å²) >= 11 is 0. The highest BCUT2D eigenvalue weighted by Gasteiger charge is 2.31. The molecule has 7 nitrogen and oxygen atoms in total. The molecular formula is C21H21F4N5O2. The smallest absolute Gasteiger partial charge is 0.417 e. The van der Waals surface area contributed by atoms with Crippen molar-refractivity contribution in [1.82, 2.24) is 24.9 Å².